The zero-order valence-electron chi connectivity index (χ0n) is 12.3. The Morgan fingerprint density at radius 1 is 1.39 bits per heavy atom. The Kier molecular flexibility index (Phi) is 6.99. The van der Waals surface area contributed by atoms with Crippen LogP contribution in [0, 0.1) is 11.3 Å². The summed E-state index contributed by atoms with van der Waals surface area (Å²) in [6, 6.07) is 0.681. The van der Waals surface area contributed by atoms with E-state index in [4.69, 9.17) is 5.73 Å². The van der Waals surface area contributed by atoms with E-state index in [2.05, 4.69) is 43.6 Å². The molecule has 2 unspecified atom stereocenters. The van der Waals surface area contributed by atoms with Gasteiger partial charge in [0.05, 0.1) is 0 Å². The van der Waals surface area contributed by atoms with E-state index in [0.29, 0.717) is 11.5 Å². The summed E-state index contributed by atoms with van der Waals surface area (Å²) in [7, 11) is 0. The van der Waals surface area contributed by atoms with E-state index in [1.807, 2.05) is 0 Å². The van der Waals surface area contributed by atoms with Gasteiger partial charge in [-0.25, -0.2) is 0 Å². The molecule has 1 aliphatic heterocycles. The lowest BCUT2D eigenvalue weighted by Gasteiger charge is -2.27. The Labute approximate surface area is 118 Å². The van der Waals surface area contributed by atoms with E-state index >= 15 is 0 Å². The van der Waals surface area contributed by atoms with Crippen LogP contribution in [-0.4, -0.2) is 49.4 Å². The van der Waals surface area contributed by atoms with Gasteiger partial charge in [-0.15, -0.1) is 0 Å². The van der Waals surface area contributed by atoms with Gasteiger partial charge in [-0.05, 0) is 37.3 Å². The summed E-state index contributed by atoms with van der Waals surface area (Å²) in [4.78, 5) is 2.63. The van der Waals surface area contributed by atoms with Crippen molar-refractivity contribution in [2.45, 2.75) is 39.7 Å². The summed E-state index contributed by atoms with van der Waals surface area (Å²) in [5.41, 5.74) is 6.06. The van der Waals surface area contributed by atoms with Crippen molar-refractivity contribution in [3.63, 3.8) is 0 Å². The predicted octanol–water partition coefficient (Wildman–Crippen LogP) is 1.59. The highest BCUT2D eigenvalue weighted by Crippen LogP contribution is 2.36. The number of likely N-dealkylation sites (tertiary alicyclic amines) is 1. The van der Waals surface area contributed by atoms with Crippen LogP contribution in [0.5, 0.6) is 0 Å². The molecule has 1 rings (SSSR count). The third-order valence-electron chi connectivity index (χ3n) is 4.07. The minimum Gasteiger partial charge on any atom is -0.330 e. The van der Waals surface area contributed by atoms with Gasteiger partial charge in [0.25, 0.3) is 0 Å². The van der Waals surface area contributed by atoms with Gasteiger partial charge >= 0.3 is 0 Å². The van der Waals surface area contributed by atoms with Gasteiger partial charge < -0.3 is 11.1 Å². The number of nitrogens with one attached hydrogen (secondary N) is 1. The molecule has 0 aromatic carbocycles. The van der Waals surface area contributed by atoms with Crippen molar-refractivity contribution in [2.24, 2.45) is 17.1 Å². The maximum atomic E-state index is 5.64. The molecule has 4 heteroatoms. The molecule has 1 aliphatic rings. The molecule has 0 amide bonds. The maximum absolute atomic E-state index is 5.64. The number of thiol groups is 1. The molecule has 0 aromatic rings. The number of rotatable bonds is 7. The Bertz CT molecular complexity index is 228. The Morgan fingerprint density at radius 2 is 2.11 bits per heavy atom. The first-order valence-electron chi connectivity index (χ1n) is 7.24. The van der Waals surface area contributed by atoms with Crippen LogP contribution in [0.2, 0.25) is 0 Å². The van der Waals surface area contributed by atoms with Crippen LogP contribution in [0.1, 0.15) is 33.6 Å². The summed E-state index contributed by atoms with van der Waals surface area (Å²) in [5.74, 6) is 1.72. The lowest BCUT2D eigenvalue weighted by Crippen LogP contribution is -2.39. The molecule has 18 heavy (non-hydrogen) atoms. The normalized spacial score (nSPS) is 25.8. The van der Waals surface area contributed by atoms with Gasteiger partial charge in [0.2, 0.25) is 0 Å². The first-order chi connectivity index (χ1) is 8.49. The molecule has 0 radical (unpaired) electrons. The molecular formula is C14H31N3S. The fraction of sp³-hybridized carbons (Fsp3) is 1.00. The summed E-state index contributed by atoms with van der Waals surface area (Å²) >= 11 is 4.25. The summed E-state index contributed by atoms with van der Waals surface area (Å²) < 4.78 is 0. The second-order valence-electron chi connectivity index (χ2n) is 6.52. The Morgan fingerprint density at radius 3 is 2.67 bits per heavy atom. The maximum Gasteiger partial charge on any atom is 0.0224 e. The molecule has 1 saturated heterocycles. The van der Waals surface area contributed by atoms with E-state index < -0.39 is 0 Å². The van der Waals surface area contributed by atoms with Gasteiger partial charge in [-0.3, -0.25) is 4.90 Å². The van der Waals surface area contributed by atoms with Gasteiger partial charge in [-0.1, -0.05) is 20.8 Å². The molecule has 0 saturated carbocycles. The quantitative estimate of drug-likeness (QED) is 0.487. The summed E-state index contributed by atoms with van der Waals surface area (Å²) in [6.45, 7) is 12.4. The highest BCUT2D eigenvalue weighted by atomic mass is 32.1. The van der Waals surface area contributed by atoms with Crippen LogP contribution < -0.4 is 11.1 Å². The fourth-order valence-corrected chi connectivity index (χ4v) is 2.90. The fourth-order valence-electron chi connectivity index (χ4n) is 2.74. The van der Waals surface area contributed by atoms with E-state index in [1.54, 1.807) is 0 Å². The second-order valence-corrected chi connectivity index (χ2v) is 6.96. The first-order valence-corrected chi connectivity index (χ1v) is 7.88. The molecule has 108 valence electrons. The minimum atomic E-state index is 0.416. The topological polar surface area (TPSA) is 41.3 Å². The van der Waals surface area contributed by atoms with Crippen molar-refractivity contribution in [1.29, 1.82) is 0 Å². The van der Waals surface area contributed by atoms with Gasteiger partial charge in [0, 0.05) is 31.4 Å². The van der Waals surface area contributed by atoms with Crippen LogP contribution in [-0.2, 0) is 0 Å². The number of nitrogens with zero attached hydrogens (tertiary/aromatic N) is 1. The monoisotopic (exact) mass is 273 g/mol. The lowest BCUT2D eigenvalue weighted by molar-refractivity contribution is 0.216. The average Bonchev–Trinajstić information content (AvgIpc) is 2.70. The molecule has 1 heterocycles. The predicted molar refractivity (Wildman–Crippen MR) is 83.3 cm³/mol. The highest BCUT2D eigenvalue weighted by Gasteiger charge is 2.37. The van der Waals surface area contributed by atoms with Gasteiger partial charge in [0.15, 0.2) is 0 Å². The van der Waals surface area contributed by atoms with Gasteiger partial charge in [-0.2, -0.15) is 12.6 Å². The van der Waals surface area contributed by atoms with Gasteiger partial charge in [0.1, 0.15) is 0 Å². The number of hydrogen-bond acceptors (Lipinski definition) is 4. The van der Waals surface area contributed by atoms with Crippen molar-refractivity contribution < 1.29 is 0 Å². The number of nitrogens with two attached hydrogens (primary N) is 1. The SMILES string of the molecule is CC(C)(C)C1CC(CNCCS)N(CCCN)C1. The smallest absolute Gasteiger partial charge is 0.0224 e. The molecule has 0 aliphatic carbocycles. The third-order valence-corrected chi connectivity index (χ3v) is 4.29. The largest absolute Gasteiger partial charge is 0.330 e. The first kappa shape index (κ1) is 16.3. The van der Waals surface area contributed by atoms with Crippen LogP contribution in [0.4, 0.5) is 0 Å². The minimum absolute atomic E-state index is 0.416. The molecule has 0 spiro atoms. The summed E-state index contributed by atoms with van der Waals surface area (Å²) in [5, 5.41) is 3.51. The van der Waals surface area contributed by atoms with Crippen LogP contribution >= 0.6 is 12.6 Å². The van der Waals surface area contributed by atoms with E-state index in [0.717, 1.165) is 44.3 Å². The summed E-state index contributed by atoms with van der Waals surface area (Å²) in [6.07, 6.45) is 2.42. The molecule has 3 N–H and O–H groups in total. The van der Waals surface area contributed by atoms with E-state index in [-0.39, 0.29) is 0 Å². The van der Waals surface area contributed by atoms with Crippen molar-refractivity contribution in [2.75, 3.05) is 38.5 Å². The Balaban J connectivity index is 2.49. The van der Waals surface area contributed by atoms with E-state index in [1.165, 1.54) is 13.0 Å². The van der Waals surface area contributed by atoms with Crippen molar-refractivity contribution >= 4 is 12.6 Å². The Hall–Kier alpha value is 0.230. The molecule has 0 bridgehead atoms. The van der Waals surface area contributed by atoms with E-state index in [9.17, 15) is 0 Å². The zero-order valence-corrected chi connectivity index (χ0v) is 13.2. The number of hydrogen-bond donors (Lipinski definition) is 3. The molecule has 1 fully saturated rings. The third kappa shape index (κ3) is 5.08. The highest BCUT2D eigenvalue weighted by molar-refractivity contribution is 7.80. The molecule has 0 aromatic heterocycles. The average molecular weight is 273 g/mol. The lowest BCUT2D eigenvalue weighted by atomic mass is 9.79. The van der Waals surface area contributed by atoms with Crippen LogP contribution in [0.15, 0.2) is 0 Å². The molecule has 2 atom stereocenters. The van der Waals surface area contributed by atoms with Crippen molar-refractivity contribution in [3.8, 4) is 0 Å². The van der Waals surface area contributed by atoms with Crippen molar-refractivity contribution in [3.05, 3.63) is 0 Å². The van der Waals surface area contributed by atoms with Crippen LogP contribution in [0.3, 0.4) is 0 Å². The molecular weight excluding hydrogens is 242 g/mol. The zero-order chi connectivity index (χ0) is 13.6. The second kappa shape index (κ2) is 7.73. The standard InChI is InChI=1S/C14H31N3S/c1-14(2,3)12-9-13(10-16-6-8-18)17(11-12)7-4-5-15/h12-13,16,18H,4-11,15H2,1-3H3. The van der Waals surface area contributed by atoms with Crippen molar-refractivity contribution in [1.82, 2.24) is 10.2 Å². The van der Waals surface area contributed by atoms with Crippen LogP contribution in [0.25, 0.3) is 0 Å². The molecule has 3 nitrogen and oxygen atoms in total.